The van der Waals surface area contributed by atoms with Crippen molar-refractivity contribution in [1.82, 2.24) is 24.6 Å². The van der Waals surface area contributed by atoms with Gasteiger partial charge in [-0.1, -0.05) is 0 Å². The van der Waals surface area contributed by atoms with E-state index in [0.717, 1.165) is 51.5 Å². The van der Waals surface area contributed by atoms with Crippen molar-refractivity contribution >= 4 is 33.2 Å². The highest BCUT2D eigenvalue weighted by molar-refractivity contribution is 7.19. The van der Waals surface area contributed by atoms with Crippen LogP contribution in [0.4, 0.5) is 11.6 Å². The Morgan fingerprint density at radius 3 is 2.82 bits per heavy atom. The molecule has 1 aromatic carbocycles. The molecule has 0 saturated carbocycles. The average Bonchev–Trinajstić information content (AvgIpc) is 3.33. The lowest BCUT2D eigenvalue weighted by Gasteiger charge is -2.30. The van der Waals surface area contributed by atoms with E-state index in [4.69, 9.17) is 14.5 Å². The number of nitrogens with zero attached hydrogens (tertiary/aromatic N) is 5. The Labute approximate surface area is 197 Å². The van der Waals surface area contributed by atoms with Crippen molar-refractivity contribution in [3.63, 3.8) is 0 Å². The zero-order valence-corrected chi connectivity index (χ0v) is 20.0. The minimum atomic E-state index is 0.538. The maximum absolute atomic E-state index is 6.00. The number of fused-ring (bicyclic) bond motifs is 1. The maximum atomic E-state index is 6.00. The first-order valence-corrected chi connectivity index (χ1v) is 12.0. The summed E-state index contributed by atoms with van der Waals surface area (Å²) in [6.07, 6.45) is 7.85. The molecule has 0 radical (unpaired) electrons. The number of aromatic nitrogens is 4. The minimum Gasteiger partial charge on any atom is -0.496 e. The van der Waals surface area contributed by atoms with E-state index in [-0.39, 0.29) is 0 Å². The van der Waals surface area contributed by atoms with Gasteiger partial charge in [-0.15, -0.1) is 11.3 Å². The summed E-state index contributed by atoms with van der Waals surface area (Å²) in [6, 6.07) is 6.05. The highest BCUT2D eigenvalue weighted by Gasteiger charge is 2.18. The van der Waals surface area contributed by atoms with Gasteiger partial charge in [0.1, 0.15) is 11.5 Å². The summed E-state index contributed by atoms with van der Waals surface area (Å²) >= 11 is 1.68. The Morgan fingerprint density at radius 2 is 2.09 bits per heavy atom. The number of hydrogen-bond acceptors (Lipinski definition) is 8. The van der Waals surface area contributed by atoms with Gasteiger partial charge in [0.05, 0.1) is 42.0 Å². The summed E-state index contributed by atoms with van der Waals surface area (Å²) in [5.74, 6) is 2.14. The Kier molecular flexibility index (Phi) is 6.15. The number of likely N-dealkylation sites (tertiary alicyclic amines) is 1. The van der Waals surface area contributed by atoms with Gasteiger partial charge in [-0.05, 0) is 45.0 Å². The topological polar surface area (TPSA) is 77.3 Å². The lowest BCUT2D eigenvalue weighted by atomic mass is 10.0. The number of rotatable bonds is 9. The molecule has 8 nitrogen and oxygen atoms in total. The molecule has 1 saturated heterocycles. The number of benzene rings is 1. The van der Waals surface area contributed by atoms with Crippen molar-refractivity contribution < 1.29 is 9.47 Å². The molecule has 33 heavy (non-hydrogen) atoms. The summed E-state index contributed by atoms with van der Waals surface area (Å²) in [7, 11) is 3.57. The van der Waals surface area contributed by atoms with Gasteiger partial charge in [0.2, 0.25) is 5.95 Å². The maximum Gasteiger partial charge on any atom is 0.227 e. The van der Waals surface area contributed by atoms with E-state index in [0.29, 0.717) is 12.6 Å². The zero-order valence-electron chi connectivity index (χ0n) is 19.2. The fourth-order valence-electron chi connectivity index (χ4n) is 4.05. The van der Waals surface area contributed by atoms with Crippen LogP contribution in [0.2, 0.25) is 0 Å². The molecule has 5 rings (SSSR count). The number of aryl methyl sites for hydroxylation is 2. The van der Waals surface area contributed by atoms with E-state index in [2.05, 4.69) is 33.3 Å². The minimum absolute atomic E-state index is 0.538. The number of thiophene rings is 1. The molecule has 1 N–H and O–H groups in total. The third kappa shape index (κ3) is 4.65. The van der Waals surface area contributed by atoms with Gasteiger partial charge in [0, 0.05) is 41.9 Å². The van der Waals surface area contributed by atoms with E-state index in [1.165, 1.54) is 24.4 Å². The van der Waals surface area contributed by atoms with Crippen molar-refractivity contribution in [1.29, 1.82) is 0 Å². The second-order valence-corrected chi connectivity index (χ2v) is 9.48. The Bertz CT molecular complexity index is 1260. The van der Waals surface area contributed by atoms with Gasteiger partial charge >= 0.3 is 0 Å². The quantitative estimate of drug-likeness (QED) is 0.362. The summed E-state index contributed by atoms with van der Waals surface area (Å²) < 4.78 is 14.5. The van der Waals surface area contributed by atoms with Gasteiger partial charge in [-0.25, -0.2) is 9.97 Å². The van der Waals surface area contributed by atoms with Crippen LogP contribution in [0, 0.1) is 6.92 Å². The predicted octanol–water partition coefficient (Wildman–Crippen LogP) is 4.63. The molecule has 1 aliphatic heterocycles. The molecule has 1 fully saturated rings. The van der Waals surface area contributed by atoms with Crippen LogP contribution in [0.15, 0.2) is 36.8 Å². The largest absolute Gasteiger partial charge is 0.496 e. The number of anilines is 2. The van der Waals surface area contributed by atoms with E-state index in [9.17, 15) is 0 Å². The molecule has 0 spiro atoms. The van der Waals surface area contributed by atoms with E-state index < -0.39 is 0 Å². The Morgan fingerprint density at radius 1 is 1.21 bits per heavy atom. The smallest absolute Gasteiger partial charge is 0.227 e. The highest BCUT2D eigenvalue weighted by atomic mass is 32.1. The van der Waals surface area contributed by atoms with Crippen molar-refractivity contribution in [2.45, 2.75) is 19.8 Å². The SMILES string of the molecule is COc1cc(OCCCN2CCC2)ccc1-c1c(C)sc2cnc(Nc3cnn(C)c3)nc12. The summed E-state index contributed by atoms with van der Waals surface area (Å²) in [5, 5.41) is 7.42. The predicted molar refractivity (Wildman–Crippen MR) is 132 cm³/mol. The monoisotopic (exact) mass is 464 g/mol. The molecular formula is C24H28N6O2S. The molecule has 0 unspecified atom stereocenters. The van der Waals surface area contributed by atoms with E-state index >= 15 is 0 Å². The molecule has 172 valence electrons. The van der Waals surface area contributed by atoms with Gasteiger partial charge in [0.25, 0.3) is 0 Å². The average molecular weight is 465 g/mol. The second kappa shape index (κ2) is 9.36. The number of ether oxygens (including phenoxy) is 2. The van der Waals surface area contributed by atoms with Crippen molar-refractivity contribution in [2.24, 2.45) is 7.05 Å². The summed E-state index contributed by atoms with van der Waals surface area (Å²) in [6.45, 7) is 6.36. The fraction of sp³-hybridized carbons (Fsp3) is 0.375. The van der Waals surface area contributed by atoms with E-state index in [1.54, 1.807) is 29.3 Å². The van der Waals surface area contributed by atoms with Gasteiger partial charge in [-0.2, -0.15) is 5.10 Å². The molecule has 1 aliphatic rings. The molecule has 0 bridgehead atoms. The van der Waals surface area contributed by atoms with E-state index in [1.807, 2.05) is 31.6 Å². The van der Waals surface area contributed by atoms with Gasteiger partial charge < -0.3 is 19.7 Å². The number of hydrogen-bond donors (Lipinski definition) is 1. The third-order valence-electron chi connectivity index (χ3n) is 5.85. The molecule has 4 aromatic rings. The highest BCUT2D eigenvalue weighted by Crippen LogP contribution is 2.42. The summed E-state index contributed by atoms with van der Waals surface area (Å²) in [4.78, 5) is 12.9. The normalized spacial score (nSPS) is 13.8. The Balaban J connectivity index is 1.39. The fourth-order valence-corrected chi connectivity index (χ4v) is 5.04. The van der Waals surface area contributed by atoms with Crippen LogP contribution in [-0.4, -0.2) is 58.0 Å². The first kappa shape index (κ1) is 21.7. The molecule has 0 aliphatic carbocycles. The first-order chi connectivity index (χ1) is 16.1. The van der Waals surface area contributed by atoms with Crippen LogP contribution >= 0.6 is 11.3 Å². The zero-order chi connectivity index (χ0) is 22.8. The molecule has 4 heterocycles. The van der Waals surface area contributed by atoms with Crippen molar-refractivity contribution in [2.75, 3.05) is 38.7 Å². The van der Waals surface area contributed by atoms with Gasteiger partial charge in [0.15, 0.2) is 0 Å². The van der Waals surface area contributed by atoms with Crippen LogP contribution in [0.25, 0.3) is 21.3 Å². The number of methoxy groups -OCH3 is 1. The van der Waals surface area contributed by atoms with Crippen LogP contribution < -0.4 is 14.8 Å². The molecule has 0 atom stereocenters. The van der Waals surface area contributed by atoms with Crippen LogP contribution in [0.5, 0.6) is 11.5 Å². The second-order valence-electron chi connectivity index (χ2n) is 8.23. The van der Waals surface area contributed by atoms with Crippen molar-refractivity contribution in [3.05, 3.63) is 41.7 Å². The van der Waals surface area contributed by atoms with Crippen LogP contribution in [0.1, 0.15) is 17.7 Å². The Hall–Kier alpha value is -3.17. The lowest BCUT2D eigenvalue weighted by molar-refractivity contribution is 0.165. The van der Waals surface area contributed by atoms with Gasteiger partial charge in [-0.3, -0.25) is 4.68 Å². The molecular weight excluding hydrogens is 436 g/mol. The van der Waals surface area contributed by atoms with Crippen LogP contribution in [-0.2, 0) is 7.05 Å². The summed E-state index contributed by atoms with van der Waals surface area (Å²) in [5.41, 5.74) is 3.81. The third-order valence-corrected chi connectivity index (χ3v) is 6.88. The molecule has 3 aromatic heterocycles. The first-order valence-electron chi connectivity index (χ1n) is 11.2. The molecule has 0 amide bonds. The molecule has 9 heteroatoms. The van der Waals surface area contributed by atoms with Crippen molar-refractivity contribution in [3.8, 4) is 22.6 Å². The standard InChI is InChI=1S/C24H28N6O2S/c1-16-22(23-21(33-16)14-25-24(28-23)27-17-13-26-29(2)15-17)19-7-6-18(12-20(19)31-3)32-11-5-10-30-8-4-9-30/h6-7,12-15H,4-5,8-11H2,1-3H3,(H,25,27,28). The van der Waals surface area contributed by atoms with Crippen LogP contribution in [0.3, 0.4) is 0 Å². The number of nitrogens with one attached hydrogen (secondary N) is 1. The lowest BCUT2D eigenvalue weighted by Crippen LogP contribution is -2.38.